The van der Waals surface area contributed by atoms with Crippen LogP contribution in [-0.4, -0.2) is 25.2 Å². The maximum absolute atomic E-state index is 13.9. The maximum Gasteiger partial charge on any atom is 0.244 e. The molecule has 3 rings (SSSR count). The molecule has 0 aliphatic carbocycles. The Kier molecular flexibility index (Phi) is 8.32. The first kappa shape index (κ1) is 27.2. The number of nitrogens with one attached hydrogen (secondary N) is 1. The van der Waals surface area contributed by atoms with E-state index in [1.54, 1.807) is 32.0 Å². The zero-order chi connectivity index (χ0) is 26.1. The van der Waals surface area contributed by atoms with Gasteiger partial charge in [-0.2, -0.15) is 4.31 Å². The van der Waals surface area contributed by atoms with Crippen molar-refractivity contribution in [1.29, 1.82) is 0 Å². The number of rotatable bonds is 7. The molecule has 0 radical (unpaired) electrons. The molecule has 3 aromatic rings. The van der Waals surface area contributed by atoms with Gasteiger partial charge in [-0.3, -0.25) is 4.79 Å². The summed E-state index contributed by atoms with van der Waals surface area (Å²) in [4.78, 5) is 13.4. The lowest BCUT2D eigenvalue weighted by atomic mass is 10.1. The molecule has 0 atom stereocenters. The van der Waals surface area contributed by atoms with E-state index in [1.165, 1.54) is 4.31 Å². The van der Waals surface area contributed by atoms with Crippen molar-refractivity contribution in [2.45, 2.75) is 53.0 Å². The van der Waals surface area contributed by atoms with E-state index in [2.05, 4.69) is 5.32 Å². The average Bonchev–Trinajstić information content (AvgIpc) is 2.72. The second-order valence-corrected chi connectivity index (χ2v) is 11.8. The zero-order valence-corrected chi connectivity index (χ0v) is 23.1. The quantitative estimate of drug-likeness (QED) is 0.369. The molecule has 0 bridgehead atoms. The molecule has 0 aromatic heterocycles. The second-order valence-electron chi connectivity index (χ2n) is 9.07. The Labute approximate surface area is 218 Å². The van der Waals surface area contributed by atoms with E-state index >= 15 is 0 Å². The number of aryl methyl sites for hydroxylation is 6. The predicted octanol–water partition coefficient (Wildman–Crippen LogP) is 6.67. The molecular weight excluding hydrogens is 503 g/mol. The van der Waals surface area contributed by atoms with Gasteiger partial charge in [-0.25, -0.2) is 8.42 Å². The summed E-state index contributed by atoms with van der Waals surface area (Å²) in [6.45, 7) is 10.9. The third kappa shape index (κ3) is 6.25. The molecule has 35 heavy (non-hydrogen) atoms. The Morgan fingerprint density at radius 3 is 1.83 bits per heavy atom. The minimum Gasteiger partial charge on any atom is -0.324 e. The average molecular weight is 534 g/mol. The molecule has 0 heterocycles. The van der Waals surface area contributed by atoms with Crippen LogP contribution in [0.1, 0.15) is 38.9 Å². The third-order valence-corrected chi connectivity index (χ3v) is 8.64. The van der Waals surface area contributed by atoms with Gasteiger partial charge in [-0.15, -0.1) is 0 Å². The summed E-state index contributed by atoms with van der Waals surface area (Å²) in [7, 11) is -4.02. The summed E-state index contributed by atoms with van der Waals surface area (Å²) in [5.41, 5.74) is 6.47. The topological polar surface area (TPSA) is 66.5 Å². The standard InChI is InChI=1S/C27H30Cl2N2O3S/c1-16-9-18(3)26(19(4)10-16)30-25(32)15-31(14-22-7-8-23(28)24(29)13-22)35(33,34)27-20(5)11-17(2)12-21(27)6/h7-13H,14-15H2,1-6H3,(H,30,32). The van der Waals surface area contributed by atoms with Gasteiger partial charge < -0.3 is 5.32 Å². The lowest BCUT2D eigenvalue weighted by Crippen LogP contribution is -2.38. The number of halogens is 2. The van der Waals surface area contributed by atoms with Gasteiger partial charge in [0.25, 0.3) is 0 Å². The first-order valence-electron chi connectivity index (χ1n) is 11.2. The summed E-state index contributed by atoms with van der Waals surface area (Å²) in [5.74, 6) is -0.425. The number of carbonyl (C=O) groups excluding carboxylic acids is 1. The van der Waals surface area contributed by atoms with E-state index < -0.39 is 15.9 Å². The number of carbonyl (C=O) groups is 1. The molecule has 0 aliphatic heterocycles. The van der Waals surface area contributed by atoms with E-state index in [0.29, 0.717) is 32.4 Å². The molecule has 0 aliphatic rings. The van der Waals surface area contributed by atoms with Crippen LogP contribution >= 0.6 is 23.2 Å². The van der Waals surface area contributed by atoms with E-state index in [1.807, 2.05) is 52.0 Å². The molecule has 1 amide bonds. The number of hydrogen-bond acceptors (Lipinski definition) is 3. The molecule has 0 fully saturated rings. The molecule has 0 spiro atoms. The monoisotopic (exact) mass is 532 g/mol. The van der Waals surface area contributed by atoms with Crippen molar-refractivity contribution in [1.82, 2.24) is 4.31 Å². The lowest BCUT2D eigenvalue weighted by Gasteiger charge is -2.25. The molecule has 5 nitrogen and oxygen atoms in total. The Bertz CT molecular complexity index is 1360. The van der Waals surface area contributed by atoms with Gasteiger partial charge in [-0.1, -0.05) is 64.7 Å². The number of anilines is 1. The van der Waals surface area contributed by atoms with Gasteiger partial charge in [0.2, 0.25) is 15.9 Å². The summed E-state index contributed by atoms with van der Waals surface area (Å²) in [5, 5.41) is 3.60. The van der Waals surface area contributed by atoms with Crippen LogP contribution < -0.4 is 5.32 Å². The maximum atomic E-state index is 13.9. The summed E-state index contributed by atoms with van der Waals surface area (Å²) in [6.07, 6.45) is 0. The van der Waals surface area contributed by atoms with Crippen molar-refractivity contribution in [3.8, 4) is 0 Å². The van der Waals surface area contributed by atoms with Crippen LogP contribution in [0.25, 0.3) is 0 Å². The highest BCUT2D eigenvalue weighted by molar-refractivity contribution is 7.89. The number of hydrogen-bond donors (Lipinski definition) is 1. The first-order valence-corrected chi connectivity index (χ1v) is 13.4. The molecule has 0 saturated carbocycles. The smallest absolute Gasteiger partial charge is 0.244 e. The fraction of sp³-hybridized carbons (Fsp3) is 0.296. The van der Waals surface area contributed by atoms with Crippen molar-refractivity contribution in [3.63, 3.8) is 0 Å². The molecule has 1 N–H and O–H groups in total. The largest absolute Gasteiger partial charge is 0.324 e. The van der Waals surface area contributed by atoms with Crippen molar-refractivity contribution < 1.29 is 13.2 Å². The van der Waals surface area contributed by atoms with Gasteiger partial charge in [0.15, 0.2) is 0 Å². The highest BCUT2D eigenvalue weighted by atomic mass is 35.5. The van der Waals surface area contributed by atoms with Gasteiger partial charge in [-0.05, 0) is 81.5 Å². The summed E-state index contributed by atoms with van der Waals surface area (Å²) < 4.78 is 29.0. The lowest BCUT2D eigenvalue weighted by molar-refractivity contribution is -0.116. The second kappa shape index (κ2) is 10.7. The van der Waals surface area contributed by atoms with Crippen LogP contribution in [0.5, 0.6) is 0 Å². The zero-order valence-electron chi connectivity index (χ0n) is 20.8. The molecule has 3 aromatic carbocycles. The number of nitrogens with zero attached hydrogens (tertiary/aromatic N) is 1. The Morgan fingerprint density at radius 1 is 0.800 bits per heavy atom. The van der Waals surface area contributed by atoms with Crippen molar-refractivity contribution in [2.75, 3.05) is 11.9 Å². The van der Waals surface area contributed by atoms with Gasteiger partial charge >= 0.3 is 0 Å². The van der Waals surface area contributed by atoms with Crippen LogP contribution in [0.3, 0.4) is 0 Å². The van der Waals surface area contributed by atoms with E-state index in [0.717, 1.165) is 22.3 Å². The van der Waals surface area contributed by atoms with Crippen molar-refractivity contribution >= 4 is 44.8 Å². The number of sulfonamides is 1. The summed E-state index contributed by atoms with van der Waals surface area (Å²) in [6, 6.07) is 12.6. The van der Waals surface area contributed by atoms with E-state index in [4.69, 9.17) is 23.2 Å². The normalized spacial score (nSPS) is 11.7. The molecule has 0 saturated heterocycles. The predicted molar refractivity (Wildman–Crippen MR) is 144 cm³/mol. The Morgan fingerprint density at radius 2 is 1.31 bits per heavy atom. The Balaban J connectivity index is 2.01. The van der Waals surface area contributed by atoms with Gasteiger partial charge in [0.05, 0.1) is 21.5 Å². The molecular formula is C27H30Cl2N2O3S. The highest BCUT2D eigenvalue weighted by Crippen LogP contribution is 2.29. The minimum absolute atomic E-state index is 0.0364. The molecule has 0 unspecified atom stereocenters. The van der Waals surface area contributed by atoms with Crippen LogP contribution in [0.2, 0.25) is 10.0 Å². The van der Waals surface area contributed by atoms with Crippen LogP contribution in [0.15, 0.2) is 47.4 Å². The number of amides is 1. The first-order chi connectivity index (χ1) is 16.3. The molecule has 186 valence electrons. The van der Waals surface area contributed by atoms with Crippen LogP contribution in [0, 0.1) is 41.5 Å². The van der Waals surface area contributed by atoms with Crippen molar-refractivity contribution in [2.24, 2.45) is 0 Å². The highest BCUT2D eigenvalue weighted by Gasteiger charge is 2.30. The SMILES string of the molecule is Cc1cc(C)c(NC(=O)CN(Cc2ccc(Cl)c(Cl)c2)S(=O)(=O)c2c(C)cc(C)cc2C)c(C)c1. The summed E-state index contributed by atoms with van der Waals surface area (Å²) >= 11 is 12.2. The fourth-order valence-corrected chi connectivity index (χ4v) is 6.60. The number of benzene rings is 3. The van der Waals surface area contributed by atoms with Crippen molar-refractivity contribution in [3.05, 3.63) is 91.5 Å². The molecule has 8 heteroatoms. The third-order valence-electron chi connectivity index (χ3n) is 5.81. The van der Waals surface area contributed by atoms with Gasteiger partial charge in [0, 0.05) is 12.2 Å². The fourth-order valence-electron chi connectivity index (χ4n) is 4.49. The van der Waals surface area contributed by atoms with Crippen LogP contribution in [-0.2, 0) is 21.4 Å². The van der Waals surface area contributed by atoms with E-state index in [-0.39, 0.29) is 18.0 Å². The van der Waals surface area contributed by atoms with E-state index in [9.17, 15) is 13.2 Å². The van der Waals surface area contributed by atoms with Crippen LogP contribution in [0.4, 0.5) is 5.69 Å². The Hall–Kier alpha value is -2.38. The van der Waals surface area contributed by atoms with Gasteiger partial charge in [0.1, 0.15) is 0 Å². The minimum atomic E-state index is -4.02.